The van der Waals surface area contributed by atoms with Crippen LogP contribution >= 0.6 is 0 Å². The fourth-order valence-corrected chi connectivity index (χ4v) is 1.52. The molecule has 1 rings (SSSR count). The zero-order chi connectivity index (χ0) is 14.3. The number of hydrogen-bond donors (Lipinski definition) is 3. The van der Waals surface area contributed by atoms with Gasteiger partial charge in [-0.2, -0.15) is 0 Å². The Balaban J connectivity index is 2.66. The van der Waals surface area contributed by atoms with Crippen LogP contribution in [0.5, 0.6) is 5.75 Å². The quantitative estimate of drug-likeness (QED) is 0.666. The molecule has 19 heavy (non-hydrogen) atoms. The molecule has 1 atom stereocenters. The number of hydrogen-bond acceptors (Lipinski definition) is 4. The molecule has 104 valence electrons. The number of carbonyl (C=O) groups is 2. The topological polar surface area (TPSA) is 107 Å². The van der Waals surface area contributed by atoms with Crippen LogP contribution in [0, 0.1) is 5.92 Å². The lowest BCUT2D eigenvalue weighted by Gasteiger charge is -2.13. The second-order valence-corrected chi connectivity index (χ2v) is 4.11. The molecule has 0 radical (unpaired) electrons. The van der Waals surface area contributed by atoms with Crippen molar-refractivity contribution >= 4 is 17.5 Å². The maximum absolute atomic E-state index is 11.8. The molecule has 0 aliphatic carbocycles. The van der Waals surface area contributed by atoms with Crippen LogP contribution < -0.4 is 21.5 Å². The third-order valence-electron chi connectivity index (χ3n) is 2.63. The van der Waals surface area contributed by atoms with E-state index in [1.54, 1.807) is 24.3 Å². The third-order valence-corrected chi connectivity index (χ3v) is 2.63. The zero-order valence-corrected chi connectivity index (χ0v) is 10.9. The third kappa shape index (κ3) is 4.97. The highest BCUT2D eigenvalue weighted by Gasteiger charge is 2.14. The van der Waals surface area contributed by atoms with Crippen LogP contribution in [0.1, 0.15) is 13.3 Å². The van der Waals surface area contributed by atoms with Crippen LogP contribution in [0.3, 0.4) is 0 Å². The van der Waals surface area contributed by atoms with Gasteiger partial charge in [0.05, 0.1) is 5.92 Å². The van der Waals surface area contributed by atoms with Gasteiger partial charge in [0.15, 0.2) is 6.61 Å². The van der Waals surface area contributed by atoms with Gasteiger partial charge in [-0.25, -0.2) is 0 Å². The molecular weight excluding hydrogens is 246 g/mol. The normalized spacial score (nSPS) is 11.7. The van der Waals surface area contributed by atoms with E-state index < -0.39 is 5.91 Å². The number of amides is 2. The molecule has 0 aromatic heterocycles. The summed E-state index contributed by atoms with van der Waals surface area (Å²) in [4.78, 5) is 22.5. The molecule has 0 aliphatic rings. The highest BCUT2D eigenvalue weighted by Crippen LogP contribution is 2.18. The van der Waals surface area contributed by atoms with Gasteiger partial charge >= 0.3 is 0 Å². The van der Waals surface area contributed by atoms with Crippen molar-refractivity contribution in [2.24, 2.45) is 17.4 Å². The number of anilines is 1. The number of nitrogens with two attached hydrogens (primary N) is 2. The number of primary amides is 1. The van der Waals surface area contributed by atoms with E-state index in [0.717, 1.165) is 0 Å². The van der Waals surface area contributed by atoms with Crippen LogP contribution in [-0.2, 0) is 9.59 Å². The van der Waals surface area contributed by atoms with E-state index in [0.29, 0.717) is 24.4 Å². The van der Waals surface area contributed by atoms with Crippen molar-refractivity contribution in [1.82, 2.24) is 0 Å². The van der Waals surface area contributed by atoms with Gasteiger partial charge in [-0.15, -0.1) is 0 Å². The molecule has 0 heterocycles. The van der Waals surface area contributed by atoms with Gasteiger partial charge in [-0.3, -0.25) is 9.59 Å². The fourth-order valence-electron chi connectivity index (χ4n) is 1.52. The van der Waals surface area contributed by atoms with E-state index in [1.165, 1.54) is 0 Å². The van der Waals surface area contributed by atoms with Gasteiger partial charge in [0.1, 0.15) is 5.75 Å². The number of benzene rings is 1. The summed E-state index contributed by atoms with van der Waals surface area (Å²) >= 11 is 0. The number of ether oxygens (including phenoxy) is 1. The number of nitrogens with one attached hydrogen (secondary N) is 1. The van der Waals surface area contributed by atoms with E-state index >= 15 is 0 Å². The first-order valence-electron chi connectivity index (χ1n) is 6.09. The Hall–Kier alpha value is -2.08. The SMILES string of the molecule is CCC(CN)C(=O)Nc1cccc(OCC(N)=O)c1. The molecule has 0 saturated carbocycles. The van der Waals surface area contributed by atoms with Crippen LogP contribution in [0.15, 0.2) is 24.3 Å². The van der Waals surface area contributed by atoms with Crippen LogP contribution in [-0.4, -0.2) is 25.0 Å². The molecule has 1 unspecified atom stereocenters. The average Bonchev–Trinajstić information content (AvgIpc) is 2.38. The lowest BCUT2D eigenvalue weighted by molar-refractivity contribution is -0.120. The molecule has 1 aromatic rings. The van der Waals surface area contributed by atoms with Gasteiger partial charge in [0.25, 0.3) is 5.91 Å². The summed E-state index contributed by atoms with van der Waals surface area (Å²) in [7, 11) is 0. The summed E-state index contributed by atoms with van der Waals surface area (Å²) in [6.07, 6.45) is 0.681. The first-order valence-corrected chi connectivity index (χ1v) is 6.09. The fraction of sp³-hybridized carbons (Fsp3) is 0.385. The van der Waals surface area contributed by atoms with Crippen LogP contribution in [0.4, 0.5) is 5.69 Å². The van der Waals surface area contributed by atoms with Crippen molar-refractivity contribution in [3.05, 3.63) is 24.3 Å². The van der Waals surface area contributed by atoms with Gasteiger partial charge in [0.2, 0.25) is 5.91 Å². The average molecular weight is 265 g/mol. The first kappa shape index (κ1) is 15.0. The summed E-state index contributed by atoms with van der Waals surface area (Å²) in [5, 5.41) is 2.76. The predicted octanol–water partition coefficient (Wildman–Crippen LogP) is 0.474. The molecule has 0 spiro atoms. The largest absolute Gasteiger partial charge is 0.484 e. The lowest BCUT2D eigenvalue weighted by atomic mass is 10.1. The summed E-state index contributed by atoms with van der Waals surface area (Å²) in [5.74, 6) is -0.423. The predicted molar refractivity (Wildman–Crippen MR) is 72.6 cm³/mol. The second-order valence-electron chi connectivity index (χ2n) is 4.11. The van der Waals surface area contributed by atoms with Crippen molar-refractivity contribution in [3.63, 3.8) is 0 Å². The monoisotopic (exact) mass is 265 g/mol. The molecule has 6 heteroatoms. The van der Waals surface area contributed by atoms with Crippen molar-refractivity contribution in [1.29, 1.82) is 0 Å². The van der Waals surface area contributed by atoms with Crippen molar-refractivity contribution in [3.8, 4) is 5.75 Å². The molecule has 1 aromatic carbocycles. The Bertz CT molecular complexity index is 445. The summed E-state index contributed by atoms with van der Waals surface area (Å²) in [6, 6.07) is 6.76. The Labute approximate surface area is 112 Å². The molecule has 0 bridgehead atoms. The smallest absolute Gasteiger partial charge is 0.255 e. The minimum atomic E-state index is -0.552. The summed E-state index contributed by atoms with van der Waals surface area (Å²) < 4.78 is 5.15. The van der Waals surface area contributed by atoms with Crippen LogP contribution in [0.25, 0.3) is 0 Å². The van der Waals surface area contributed by atoms with Gasteiger partial charge in [0, 0.05) is 18.3 Å². The van der Waals surface area contributed by atoms with E-state index in [9.17, 15) is 9.59 Å². The molecule has 0 saturated heterocycles. The Morgan fingerprint density at radius 1 is 1.42 bits per heavy atom. The van der Waals surface area contributed by atoms with Crippen LogP contribution in [0.2, 0.25) is 0 Å². The van der Waals surface area contributed by atoms with Gasteiger partial charge in [-0.05, 0) is 18.6 Å². The molecule has 0 fully saturated rings. The molecule has 5 N–H and O–H groups in total. The second kappa shape index (κ2) is 7.38. The highest BCUT2D eigenvalue weighted by atomic mass is 16.5. The lowest BCUT2D eigenvalue weighted by Crippen LogP contribution is -2.28. The van der Waals surface area contributed by atoms with E-state index in [-0.39, 0.29) is 18.4 Å². The maximum Gasteiger partial charge on any atom is 0.255 e. The van der Waals surface area contributed by atoms with Crippen molar-refractivity contribution < 1.29 is 14.3 Å². The number of carbonyl (C=O) groups excluding carboxylic acids is 2. The summed E-state index contributed by atoms with van der Waals surface area (Å²) in [6.45, 7) is 2.02. The molecule has 0 aliphatic heterocycles. The minimum Gasteiger partial charge on any atom is -0.484 e. The Kier molecular flexibility index (Phi) is 5.81. The first-order chi connectivity index (χ1) is 9.06. The van der Waals surface area contributed by atoms with E-state index in [4.69, 9.17) is 16.2 Å². The molecule has 6 nitrogen and oxygen atoms in total. The summed E-state index contributed by atoms with van der Waals surface area (Å²) in [5.41, 5.74) is 11.1. The molecule has 2 amide bonds. The zero-order valence-electron chi connectivity index (χ0n) is 10.9. The van der Waals surface area contributed by atoms with E-state index in [2.05, 4.69) is 5.32 Å². The Morgan fingerprint density at radius 3 is 2.74 bits per heavy atom. The maximum atomic E-state index is 11.8. The van der Waals surface area contributed by atoms with Gasteiger partial charge in [-0.1, -0.05) is 13.0 Å². The Morgan fingerprint density at radius 2 is 2.16 bits per heavy atom. The van der Waals surface area contributed by atoms with E-state index in [1.807, 2.05) is 6.92 Å². The number of rotatable bonds is 7. The minimum absolute atomic E-state index is 0.128. The highest BCUT2D eigenvalue weighted by molar-refractivity contribution is 5.92. The molecular formula is C13H19N3O3. The van der Waals surface area contributed by atoms with Gasteiger partial charge < -0.3 is 21.5 Å². The van der Waals surface area contributed by atoms with Crippen molar-refractivity contribution in [2.75, 3.05) is 18.5 Å². The standard InChI is InChI=1S/C13H19N3O3/c1-2-9(7-14)13(18)16-10-4-3-5-11(6-10)19-8-12(15)17/h3-6,9H,2,7-8,14H2,1H3,(H2,15,17)(H,16,18). The van der Waals surface area contributed by atoms with Crippen molar-refractivity contribution in [2.45, 2.75) is 13.3 Å².